The van der Waals surface area contributed by atoms with Gasteiger partial charge < -0.3 is 15.3 Å². The van der Waals surface area contributed by atoms with Crippen LogP contribution in [0.25, 0.3) is 0 Å². The van der Waals surface area contributed by atoms with Gasteiger partial charge in [-0.3, -0.25) is 4.79 Å². The minimum atomic E-state index is 0.00222. The molecule has 0 bridgehead atoms. The van der Waals surface area contributed by atoms with Gasteiger partial charge in [0.2, 0.25) is 0 Å². The number of anilines is 1. The van der Waals surface area contributed by atoms with Crippen molar-refractivity contribution in [3.05, 3.63) is 29.3 Å². The number of amides is 1. The molecule has 1 heterocycles. The fourth-order valence-electron chi connectivity index (χ4n) is 2.31. The summed E-state index contributed by atoms with van der Waals surface area (Å²) in [5.74, 6) is 0.00222. The quantitative estimate of drug-likeness (QED) is 0.830. The molecule has 1 aliphatic heterocycles. The van der Waals surface area contributed by atoms with Crippen molar-refractivity contribution in [2.24, 2.45) is 0 Å². The zero-order valence-corrected chi connectivity index (χ0v) is 10.8. The highest BCUT2D eigenvalue weighted by molar-refractivity contribution is 5.95. The van der Waals surface area contributed by atoms with Crippen molar-refractivity contribution in [2.45, 2.75) is 19.8 Å². The molecule has 1 aromatic carbocycles. The lowest BCUT2D eigenvalue weighted by Crippen LogP contribution is -2.34. The highest BCUT2D eigenvalue weighted by atomic mass is 16.3. The van der Waals surface area contributed by atoms with E-state index in [1.165, 1.54) is 5.56 Å². The van der Waals surface area contributed by atoms with Gasteiger partial charge in [-0.05, 0) is 30.5 Å². The van der Waals surface area contributed by atoms with Crippen LogP contribution >= 0.6 is 0 Å². The van der Waals surface area contributed by atoms with E-state index in [-0.39, 0.29) is 12.5 Å². The number of carbonyl (C=O) groups is 1. The van der Waals surface area contributed by atoms with Gasteiger partial charge in [0.1, 0.15) is 0 Å². The highest BCUT2D eigenvalue weighted by Gasteiger charge is 2.17. The van der Waals surface area contributed by atoms with Gasteiger partial charge in [0.25, 0.3) is 5.91 Å². The standard InChI is InChI=1S/C14H20N2O2/c1-2-7-16(8-9-17)14(18)12-4-3-11-5-6-15-13(11)10-12/h3-4,10,15,17H,2,5-9H2,1H3. The maximum absolute atomic E-state index is 12.3. The molecule has 2 rings (SSSR count). The topological polar surface area (TPSA) is 52.6 Å². The van der Waals surface area contributed by atoms with Gasteiger partial charge in [0, 0.05) is 30.9 Å². The summed E-state index contributed by atoms with van der Waals surface area (Å²) in [6.45, 7) is 4.07. The summed E-state index contributed by atoms with van der Waals surface area (Å²) in [6.07, 6.45) is 1.92. The smallest absolute Gasteiger partial charge is 0.254 e. The summed E-state index contributed by atoms with van der Waals surface area (Å²) in [4.78, 5) is 14.0. The van der Waals surface area contributed by atoms with Crippen molar-refractivity contribution < 1.29 is 9.90 Å². The van der Waals surface area contributed by atoms with Crippen LogP contribution in [0.15, 0.2) is 18.2 Å². The van der Waals surface area contributed by atoms with E-state index in [0.29, 0.717) is 18.7 Å². The lowest BCUT2D eigenvalue weighted by atomic mass is 10.1. The van der Waals surface area contributed by atoms with Crippen molar-refractivity contribution in [2.75, 3.05) is 31.6 Å². The minimum absolute atomic E-state index is 0.00222. The zero-order valence-electron chi connectivity index (χ0n) is 10.8. The largest absolute Gasteiger partial charge is 0.395 e. The van der Waals surface area contributed by atoms with E-state index in [1.54, 1.807) is 4.90 Å². The number of aliphatic hydroxyl groups is 1. The SMILES string of the molecule is CCCN(CCO)C(=O)c1ccc2c(c1)NCC2. The lowest BCUT2D eigenvalue weighted by Gasteiger charge is -2.21. The fraction of sp³-hybridized carbons (Fsp3) is 0.500. The first kappa shape index (κ1) is 12.9. The number of rotatable bonds is 5. The summed E-state index contributed by atoms with van der Waals surface area (Å²) in [5, 5.41) is 12.3. The highest BCUT2D eigenvalue weighted by Crippen LogP contribution is 2.23. The number of nitrogens with one attached hydrogen (secondary N) is 1. The normalized spacial score (nSPS) is 13.0. The van der Waals surface area contributed by atoms with Gasteiger partial charge in [0.15, 0.2) is 0 Å². The van der Waals surface area contributed by atoms with E-state index >= 15 is 0 Å². The maximum Gasteiger partial charge on any atom is 0.254 e. The van der Waals surface area contributed by atoms with Crippen LogP contribution in [-0.2, 0) is 6.42 Å². The van der Waals surface area contributed by atoms with Crippen molar-refractivity contribution in [1.82, 2.24) is 4.90 Å². The van der Waals surface area contributed by atoms with E-state index in [0.717, 1.165) is 25.1 Å². The molecule has 0 atom stereocenters. The monoisotopic (exact) mass is 248 g/mol. The van der Waals surface area contributed by atoms with E-state index < -0.39 is 0 Å². The number of hydrogen-bond acceptors (Lipinski definition) is 3. The summed E-state index contributed by atoms with van der Waals surface area (Å²) in [7, 11) is 0. The average Bonchev–Trinajstić information content (AvgIpc) is 2.84. The van der Waals surface area contributed by atoms with Crippen LogP contribution in [0.5, 0.6) is 0 Å². The Morgan fingerprint density at radius 3 is 3.00 bits per heavy atom. The predicted octanol–water partition coefficient (Wildman–Crippen LogP) is 1.50. The van der Waals surface area contributed by atoms with Gasteiger partial charge >= 0.3 is 0 Å². The first-order chi connectivity index (χ1) is 8.76. The summed E-state index contributed by atoms with van der Waals surface area (Å²) in [5.41, 5.74) is 3.04. The molecule has 0 saturated carbocycles. The molecule has 4 heteroatoms. The minimum Gasteiger partial charge on any atom is -0.395 e. The van der Waals surface area contributed by atoms with Gasteiger partial charge in [-0.2, -0.15) is 0 Å². The molecule has 98 valence electrons. The number of fused-ring (bicyclic) bond motifs is 1. The second-order valence-electron chi connectivity index (χ2n) is 4.56. The molecule has 0 unspecified atom stereocenters. The molecular weight excluding hydrogens is 228 g/mol. The van der Waals surface area contributed by atoms with Crippen molar-refractivity contribution in [1.29, 1.82) is 0 Å². The Kier molecular flexibility index (Phi) is 4.20. The van der Waals surface area contributed by atoms with Crippen LogP contribution in [0.1, 0.15) is 29.3 Å². The molecule has 18 heavy (non-hydrogen) atoms. The van der Waals surface area contributed by atoms with Crippen LogP contribution < -0.4 is 5.32 Å². The second-order valence-corrected chi connectivity index (χ2v) is 4.56. The number of hydrogen-bond donors (Lipinski definition) is 2. The molecule has 4 nitrogen and oxygen atoms in total. The second kappa shape index (κ2) is 5.87. The van der Waals surface area contributed by atoms with E-state index in [4.69, 9.17) is 5.11 Å². The van der Waals surface area contributed by atoms with Gasteiger partial charge in [-0.25, -0.2) is 0 Å². The Labute approximate surface area is 108 Å². The van der Waals surface area contributed by atoms with Crippen LogP contribution in [-0.4, -0.2) is 42.2 Å². The molecule has 1 aromatic rings. The van der Waals surface area contributed by atoms with Gasteiger partial charge in [0.05, 0.1) is 6.61 Å². The summed E-state index contributed by atoms with van der Waals surface area (Å²) >= 11 is 0. The molecule has 0 aromatic heterocycles. The first-order valence-corrected chi connectivity index (χ1v) is 6.53. The fourth-order valence-corrected chi connectivity index (χ4v) is 2.31. The molecule has 0 radical (unpaired) electrons. The number of nitrogens with zero attached hydrogens (tertiary/aromatic N) is 1. The molecule has 0 saturated heterocycles. The first-order valence-electron chi connectivity index (χ1n) is 6.53. The maximum atomic E-state index is 12.3. The Morgan fingerprint density at radius 2 is 2.28 bits per heavy atom. The molecule has 1 aliphatic rings. The van der Waals surface area contributed by atoms with Crippen molar-refractivity contribution >= 4 is 11.6 Å². The Balaban J connectivity index is 2.16. The Hall–Kier alpha value is -1.55. The molecule has 0 spiro atoms. The Morgan fingerprint density at radius 1 is 1.44 bits per heavy atom. The van der Waals surface area contributed by atoms with Crippen LogP contribution in [0.2, 0.25) is 0 Å². The van der Waals surface area contributed by atoms with Crippen molar-refractivity contribution in [3.63, 3.8) is 0 Å². The van der Waals surface area contributed by atoms with Gasteiger partial charge in [-0.15, -0.1) is 0 Å². The van der Waals surface area contributed by atoms with E-state index in [1.807, 2.05) is 25.1 Å². The lowest BCUT2D eigenvalue weighted by molar-refractivity contribution is 0.0722. The number of aliphatic hydroxyl groups excluding tert-OH is 1. The molecule has 1 amide bonds. The average molecular weight is 248 g/mol. The molecule has 0 fully saturated rings. The summed E-state index contributed by atoms with van der Waals surface area (Å²) < 4.78 is 0. The third-order valence-electron chi connectivity index (χ3n) is 3.22. The third kappa shape index (κ3) is 2.64. The van der Waals surface area contributed by atoms with Crippen molar-refractivity contribution in [3.8, 4) is 0 Å². The third-order valence-corrected chi connectivity index (χ3v) is 3.22. The number of carbonyl (C=O) groups excluding carboxylic acids is 1. The summed E-state index contributed by atoms with van der Waals surface area (Å²) in [6, 6.07) is 5.82. The Bertz CT molecular complexity index is 426. The molecule has 0 aliphatic carbocycles. The van der Waals surface area contributed by atoms with Gasteiger partial charge in [-0.1, -0.05) is 13.0 Å². The zero-order chi connectivity index (χ0) is 13.0. The van der Waals surface area contributed by atoms with E-state index in [2.05, 4.69) is 5.32 Å². The molecular formula is C14H20N2O2. The number of benzene rings is 1. The van der Waals surface area contributed by atoms with Crippen LogP contribution in [0.3, 0.4) is 0 Å². The molecule has 2 N–H and O–H groups in total. The van der Waals surface area contributed by atoms with E-state index in [9.17, 15) is 4.79 Å². The van der Waals surface area contributed by atoms with Crippen LogP contribution in [0.4, 0.5) is 5.69 Å². The predicted molar refractivity (Wildman–Crippen MR) is 71.9 cm³/mol. The van der Waals surface area contributed by atoms with Crippen LogP contribution in [0, 0.1) is 0 Å².